The summed E-state index contributed by atoms with van der Waals surface area (Å²) < 4.78 is 0. The molecular formula is IrOsPdPtRu. The van der Waals surface area contributed by atoms with Crippen molar-refractivity contribution in [3.05, 3.63) is 0 Å². The third-order valence-corrected chi connectivity index (χ3v) is 0. The van der Waals surface area contributed by atoms with E-state index in [0.717, 1.165) is 0 Å². The van der Waals surface area contributed by atoms with E-state index in [0.29, 0.717) is 0 Å². The fourth-order valence-corrected chi connectivity index (χ4v) is 0. The zero-order chi connectivity index (χ0) is 0. The van der Waals surface area contributed by atoms with Crippen molar-refractivity contribution in [2.24, 2.45) is 0 Å². The zero-order valence-electron chi connectivity index (χ0n) is 1.67. The Kier molecular flexibility index (Phi) is 219. The largest absolute Gasteiger partial charge is 0 e. The van der Waals surface area contributed by atoms with Gasteiger partial charge in [0.25, 0.3) is 0 Å². The molecule has 0 N–H and O–H groups in total. The molecule has 5 heteroatoms. The SMILES string of the molecule is [Ir].[Os].[Pd].[Pt].[Ru]. The van der Waals surface area contributed by atoms with Crippen LogP contribution in [0.3, 0.4) is 0 Å². The van der Waals surface area contributed by atoms with Gasteiger partial charge in [-0.15, -0.1) is 0 Å². The minimum Gasteiger partial charge on any atom is 0 e. The molecule has 1 radical (unpaired) electrons. The standard InChI is InChI=1S/Ir.Os.Pd.Pt.Ru. The first-order valence-electron chi connectivity index (χ1n) is 0. The van der Waals surface area contributed by atoms with Crippen molar-refractivity contribution in [1.29, 1.82) is 0 Å². The molecule has 0 spiro atoms. The zero-order valence-corrected chi connectivity index (χ0v) is 12.2. The molecule has 0 nitrogen and oxygen atoms in total. The predicted molar refractivity (Wildman–Crippen MR) is 0 cm³/mol. The van der Waals surface area contributed by atoms with Crippen LogP contribution in [0, 0.1) is 0 Å². The van der Waals surface area contributed by atoms with Crippen molar-refractivity contribution < 1.29 is 101 Å². The Morgan fingerprint density at radius 1 is 1.00 bits per heavy atom. The third-order valence-electron chi connectivity index (χ3n) is 0. The molecule has 0 saturated heterocycles. The molecule has 0 atom stereocenters. The summed E-state index contributed by atoms with van der Waals surface area (Å²) in [4.78, 5) is 0. The van der Waals surface area contributed by atoms with E-state index in [-0.39, 0.29) is 101 Å². The van der Waals surface area contributed by atoms with Gasteiger partial charge in [-0.25, -0.2) is 0 Å². The van der Waals surface area contributed by atoms with Crippen molar-refractivity contribution >= 4 is 0 Å². The van der Waals surface area contributed by atoms with Gasteiger partial charge in [-0.2, -0.15) is 0 Å². The fraction of sp³-hybridized carbons (Fsp3) is 0. The maximum Gasteiger partial charge on any atom is 0 e. The first-order chi connectivity index (χ1) is 0. The Labute approximate surface area is 99.1 Å². The van der Waals surface area contributed by atoms with Crippen molar-refractivity contribution in [1.82, 2.24) is 0 Å². The summed E-state index contributed by atoms with van der Waals surface area (Å²) in [6.07, 6.45) is 0. The van der Waals surface area contributed by atoms with Gasteiger partial charge in [0.05, 0.1) is 0 Å². The summed E-state index contributed by atoms with van der Waals surface area (Å²) in [6, 6.07) is 0. The van der Waals surface area contributed by atoms with Gasteiger partial charge in [-0.3, -0.25) is 0 Å². The predicted octanol–water partition coefficient (Wildman–Crippen LogP) is -0.0125. The summed E-state index contributed by atoms with van der Waals surface area (Å²) in [5, 5.41) is 0. The molecule has 0 aromatic rings. The van der Waals surface area contributed by atoms with Crippen LogP contribution in [0.15, 0.2) is 0 Å². The molecule has 0 aliphatic rings. The molecule has 0 rings (SSSR count). The topological polar surface area (TPSA) is 0 Å². The molecule has 0 heterocycles. The van der Waals surface area contributed by atoms with Crippen LogP contribution in [0.4, 0.5) is 0 Å². The van der Waals surface area contributed by atoms with Crippen molar-refractivity contribution in [2.45, 2.75) is 0 Å². The number of hydrogen-bond acceptors (Lipinski definition) is 0. The van der Waals surface area contributed by atoms with E-state index in [2.05, 4.69) is 0 Å². The molecule has 0 unspecified atom stereocenters. The van der Waals surface area contributed by atoms with Crippen molar-refractivity contribution in [2.75, 3.05) is 0 Å². The average molecular weight is 785 g/mol. The van der Waals surface area contributed by atoms with Gasteiger partial charge >= 0.3 is 0 Å². The molecular weight excluding hydrogens is 785 g/mol. The number of hydrogen-bond donors (Lipinski definition) is 0. The monoisotopic (exact) mass is 788 g/mol. The van der Waals surface area contributed by atoms with E-state index < -0.39 is 0 Å². The minimum atomic E-state index is 0. The minimum absolute atomic E-state index is 0. The third kappa shape index (κ3) is 18.9. The van der Waals surface area contributed by atoms with Gasteiger partial charge in [0, 0.05) is 101 Å². The first-order valence-corrected chi connectivity index (χ1v) is 0. The van der Waals surface area contributed by atoms with Gasteiger partial charge in [0.2, 0.25) is 0 Å². The van der Waals surface area contributed by atoms with E-state index in [4.69, 9.17) is 0 Å². The van der Waals surface area contributed by atoms with Crippen LogP contribution in [0.1, 0.15) is 0 Å². The summed E-state index contributed by atoms with van der Waals surface area (Å²) in [7, 11) is 0. The van der Waals surface area contributed by atoms with Crippen LogP contribution >= 0.6 is 0 Å². The van der Waals surface area contributed by atoms with Crippen LogP contribution in [-0.2, 0) is 101 Å². The maximum absolute atomic E-state index is 0. The van der Waals surface area contributed by atoms with Crippen LogP contribution in [0.25, 0.3) is 0 Å². The molecule has 0 aromatic heterocycles. The second-order valence-electron chi connectivity index (χ2n) is 0. The van der Waals surface area contributed by atoms with E-state index in [1.54, 1.807) is 0 Å². The quantitative estimate of drug-likeness (QED) is 0.304. The number of rotatable bonds is 0. The summed E-state index contributed by atoms with van der Waals surface area (Å²) in [5.41, 5.74) is 0. The van der Waals surface area contributed by atoms with Crippen molar-refractivity contribution in [3.8, 4) is 0 Å². The maximum atomic E-state index is 0. The van der Waals surface area contributed by atoms with E-state index >= 15 is 0 Å². The normalized spacial score (nSPS) is 0. The Morgan fingerprint density at radius 3 is 1.00 bits per heavy atom. The second-order valence-corrected chi connectivity index (χ2v) is 0. The summed E-state index contributed by atoms with van der Waals surface area (Å²) >= 11 is 0. The van der Waals surface area contributed by atoms with Gasteiger partial charge in [-0.1, -0.05) is 0 Å². The van der Waals surface area contributed by atoms with E-state index in [1.807, 2.05) is 0 Å². The van der Waals surface area contributed by atoms with Gasteiger partial charge in [-0.05, 0) is 0 Å². The Morgan fingerprint density at radius 2 is 1.00 bits per heavy atom. The van der Waals surface area contributed by atoms with Crippen LogP contribution in [-0.4, -0.2) is 0 Å². The summed E-state index contributed by atoms with van der Waals surface area (Å²) in [6.45, 7) is 0. The van der Waals surface area contributed by atoms with Crippen molar-refractivity contribution in [3.63, 3.8) is 0 Å². The molecule has 5 heavy (non-hydrogen) atoms. The van der Waals surface area contributed by atoms with Gasteiger partial charge in [0.1, 0.15) is 0 Å². The molecule has 0 aliphatic carbocycles. The molecule has 0 amide bonds. The molecule has 45 valence electrons. The Bertz CT molecular complexity index is 11.6. The van der Waals surface area contributed by atoms with E-state index in [1.165, 1.54) is 0 Å². The molecule has 0 aromatic carbocycles. The van der Waals surface area contributed by atoms with Crippen LogP contribution < -0.4 is 0 Å². The summed E-state index contributed by atoms with van der Waals surface area (Å²) in [5.74, 6) is 0. The molecule has 0 bridgehead atoms. The smallest absolute Gasteiger partial charge is 0 e. The Balaban J connectivity index is 0. The second kappa shape index (κ2) is 26.8. The molecule has 0 saturated carbocycles. The van der Waals surface area contributed by atoms with Crippen LogP contribution in [0.5, 0.6) is 0 Å². The molecule has 0 fully saturated rings. The van der Waals surface area contributed by atoms with Crippen LogP contribution in [0.2, 0.25) is 0 Å². The first kappa shape index (κ1) is 41.0. The van der Waals surface area contributed by atoms with Gasteiger partial charge < -0.3 is 0 Å². The molecule has 0 aliphatic heterocycles. The Hall–Kier alpha value is 3.26. The van der Waals surface area contributed by atoms with Gasteiger partial charge in [0.15, 0.2) is 0 Å². The van der Waals surface area contributed by atoms with E-state index in [9.17, 15) is 0 Å². The fourth-order valence-electron chi connectivity index (χ4n) is 0. The average Bonchev–Trinajstić information content (AvgIpc) is 0.